The Morgan fingerprint density at radius 1 is 1.62 bits per heavy atom. The van der Waals surface area contributed by atoms with E-state index in [1.54, 1.807) is 0 Å². The summed E-state index contributed by atoms with van der Waals surface area (Å²) in [6.45, 7) is 1.35. The second-order valence-corrected chi connectivity index (χ2v) is 3.93. The molecule has 0 heterocycles. The Hall–Kier alpha value is -0.300. The van der Waals surface area contributed by atoms with Crippen molar-refractivity contribution in [3.05, 3.63) is 0 Å². The second kappa shape index (κ2) is 5.43. The molecule has 1 aliphatic carbocycles. The largest absolute Gasteiger partial charge is 0.395 e. The molecular weight excluding hydrogens is 188 g/mol. The van der Waals surface area contributed by atoms with Gasteiger partial charge in [0, 0.05) is 19.1 Å². The number of aliphatic hydroxyl groups excluding tert-OH is 1. The normalized spacial score (nSPS) is 19.5. The molecule has 4 heteroatoms. The van der Waals surface area contributed by atoms with Gasteiger partial charge in [-0.2, -0.15) is 5.26 Å². The summed E-state index contributed by atoms with van der Waals surface area (Å²) in [5.41, 5.74) is 0. The van der Waals surface area contributed by atoms with Crippen molar-refractivity contribution in [1.29, 1.82) is 5.26 Å². The summed E-state index contributed by atoms with van der Waals surface area (Å²) < 4.78 is 0. The van der Waals surface area contributed by atoms with Crippen LogP contribution in [0.3, 0.4) is 0 Å². The highest BCUT2D eigenvalue weighted by atomic mass is 35.5. The Kier molecular flexibility index (Phi) is 4.51. The molecule has 0 bridgehead atoms. The lowest BCUT2D eigenvalue weighted by Gasteiger charge is -2.37. The predicted octanol–water partition coefficient (Wildman–Crippen LogP) is 0.964. The molecule has 0 radical (unpaired) electrons. The molecule has 13 heavy (non-hydrogen) atoms. The van der Waals surface area contributed by atoms with Gasteiger partial charge in [0.1, 0.15) is 5.38 Å². The SMILES string of the molecule is N#CC(Cl)CN(CCO)C1CCC1. The first-order chi connectivity index (χ1) is 6.27. The number of aliphatic hydroxyl groups is 1. The van der Waals surface area contributed by atoms with E-state index in [1.807, 2.05) is 6.07 Å². The molecule has 1 saturated carbocycles. The van der Waals surface area contributed by atoms with Crippen LogP contribution in [-0.4, -0.2) is 41.1 Å². The Labute approximate surface area is 83.9 Å². The molecule has 0 aliphatic heterocycles. The standard InChI is InChI=1S/C9H15ClN2O/c10-8(6-11)7-12(4-5-13)9-2-1-3-9/h8-9,13H,1-5,7H2. The topological polar surface area (TPSA) is 47.3 Å². The van der Waals surface area contributed by atoms with E-state index in [4.69, 9.17) is 22.0 Å². The third-order valence-electron chi connectivity index (χ3n) is 2.51. The van der Waals surface area contributed by atoms with E-state index in [0.29, 0.717) is 19.1 Å². The maximum atomic E-state index is 8.82. The van der Waals surface area contributed by atoms with Gasteiger partial charge in [0.2, 0.25) is 0 Å². The molecule has 0 saturated heterocycles. The van der Waals surface area contributed by atoms with Gasteiger partial charge in [-0.25, -0.2) is 0 Å². The highest BCUT2D eigenvalue weighted by molar-refractivity contribution is 6.22. The summed E-state index contributed by atoms with van der Waals surface area (Å²) in [5, 5.41) is 16.9. The average molecular weight is 203 g/mol. The first-order valence-electron chi connectivity index (χ1n) is 4.66. The van der Waals surface area contributed by atoms with E-state index in [0.717, 1.165) is 0 Å². The highest BCUT2D eigenvalue weighted by Gasteiger charge is 2.25. The lowest BCUT2D eigenvalue weighted by molar-refractivity contribution is 0.105. The summed E-state index contributed by atoms with van der Waals surface area (Å²) in [5.74, 6) is 0. The number of nitrogens with zero attached hydrogens (tertiary/aromatic N) is 2. The summed E-state index contributed by atoms with van der Waals surface area (Å²) in [6.07, 6.45) is 3.61. The van der Waals surface area contributed by atoms with Crippen LogP contribution in [0.25, 0.3) is 0 Å². The number of hydrogen-bond acceptors (Lipinski definition) is 3. The molecule has 1 fully saturated rings. The summed E-state index contributed by atoms with van der Waals surface area (Å²) >= 11 is 5.74. The van der Waals surface area contributed by atoms with Crippen LogP contribution in [0.4, 0.5) is 0 Å². The highest BCUT2D eigenvalue weighted by Crippen LogP contribution is 2.24. The monoisotopic (exact) mass is 202 g/mol. The van der Waals surface area contributed by atoms with Gasteiger partial charge in [0.25, 0.3) is 0 Å². The van der Waals surface area contributed by atoms with Crippen LogP contribution in [0.15, 0.2) is 0 Å². The van der Waals surface area contributed by atoms with Gasteiger partial charge in [0.15, 0.2) is 0 Å². The van der Waals surface area contributed by atoms with Crippen molar-refractivity contribution in [2.75, 3.05) is 19.7 Å². The predicted molar refractivity (Wildman–Crippen MR) is 51.6 cm³/mol. The lowest BCUT2D eigenvalue weighted by atomic mass is 9.91. The number of alkyl halides is 1. The quantitative estimate of drug-likeness (QED) is 0.676. The lowest BCUT2D eigenvalue weighted by Crippen LogP contribution is -2.44. The molecule has 0 aromatic rings. The molecule has 1 aliphatic rings. The molecule has 0 spiro atoms. The van der Waals surface area contributed by atoms with E-state index in [-0.39, 0.29) is 6.61 Å². The van der Waals surface area contributed by atoms with Crippen molar-refractivity contribution in [3.63, 3.8) is 0 Å². The fourth-order valence-electron chi connectivity index (χ4n) is 1.55. The Morgan fingerprint density at radius 2 is 2.31 bits per heavy atom. The molecule has 0 aromatic carbocycles. The van der Waals surface area contributed by atoms with E-state index in [1.165, 1.54) is 19.3 Å². The minimum atomic E-state index is -0.452. The number of nitriles is 1. The van der Waals surface area contributed by atoms with Crippen LogP contribution < -0.4 is 0 Å². The number of rotatable bonds is 5. The zero-order valence-electron chi connectivity index (χ0n) is 7.62. The van der Waals surface area contributed by atoms with Gasteiger partial charge in [-0.3, -0.25) is 4.90 Å². The molecule has 1 unspecified atom stereocenters. The first kappa shape index (κ1) is 10.8. The van der Waals surface area contributed by atoms with Gasteiger partial charge < -0.3 is 5.11 Å². The van der Waals surface area contributed by atoms with Crippen LogP contribution >= 0.6 is 11.6 Å². The van der Waals surface area contributed by atoms with Crippen molar-refractivity contribution in [3.8, 4) is 6.07 Å². The maximum Gasteiger partial charge on any atom is 0.133 e. The molecule has 0 amide bonds. The average Bonchev–Trinajstić information content (AvgIpc) is 2.01. The molecule has 1 N–H and O–H groups in total. The Morgan fingerprint density at radius 3 is 2.69 bits per heavy atom. The van der Waals surface area contributed by atoms with Gasteiger partial charge in [-0.05, 0) is 12.8 Å². The first-order valence-corrected chi connectivity index (χ1v) is 5.10. The van der Waals surface area contributed by atoms with Crippen LogP contribution in [0.5, 0.6) is 0 Å². The van der Waals surface area contributed by atoms with Crippen molar-refractivity contribution < 1.29 is 5.11 Å². The molecule has 1 atom stereocenters. The van der Waals surface area contributed by atoms with Gasteiger partial charge in [-0.15, -0.1) is 11.6 Å². The zero-order chi connectivity index (χ0) is 9.68. The van der Waals surface area contributed by atoms with E-state index >= 15 is 0 Å². The summed E-state index contributed by atoms with van der Waals surface area (Å²) in [6, 6.07) is 2.54. The molecule has 0 aromatic heterocycles. The van der Waals surface area contributed by atoms with Crippen molar-refractivity contribution in [2.45, 2.75) is 30.7 Å². The molecule has 74 valence electrons. The third kappa shape index (κ3) is 3.15. The van der Waals surface area contributed by atoms with Crippen LogP contribution in [0, 0.1) is 11.3 Å². The molecular formula is C9H15ClN2O. The Balaban J connectivity index is 2.33. The van der Waals surface area contributed by atoms with Crippen molar-refractivity contribution >= 4 is 11.6 Å². The zero-order valence-corrected chi connectivity index (χ0v) is 8.37. The van der Waals surface area contributed by atoms with E-state index in [2.05, 4.69) is 4.90 Å². The molecule has 1 rings (SSSR count). The minimum absolute atomic E-state index is 0.144. The van der Waals surface area contributed by atoms with Crippen LogP contribution in [0.2, 0.25) is 0 Å². The molecule has 3 nitrogen and oxygen atoms in total. The van der Waals surface area contributed by atoms with Gasteiger partial charge in [-0.1, -0.05) is 6.42 Å². The summed E-state index contributed by atoms with van der Waals surface area (Å²) in [7, 11) is 0. The third-order valence-corrected chi connectivity index (χ3v) is 2.75. The summed E-state index contributed by atoms with van der Waals surface area (Å²) in [4.78, 5) is 2.12. The van der Waals surface area contributed by atoms with Crippen LogP contribution in [0.1, 0.15) is 19.3 Å². The fraction of sp³-hybridized carbons (Fsp3) is 0.889. The van der Waals surface area contributed by atoms with E-state index in [9.17, 15) is 0 Å². The van der Waals surface area contributed by atoms with Crippen molar-refractivity contribution in [2.24, 2.45) is 0 Å². The maximum absolute atomic E-state index is 8.82. The van der Waals surface area contributed by atoms with Crippen LogP contribution in [-0.2, 0) is 0 Å². The van der Waals surface area contributed by atoms with Gasteiger partial charge >= 0.3 is 0 Å². The second-order valence-electron chi connectivity index (χ2n) is 3.40. The van der Waals surface area contributed by atoms with E-state index < -0.39 is 5.38 Å². The number of halogens is 1. The fourth-order valence-corrected chi connectivity index (χ4v) is 1.73. The smallest absolute Gasteiger partial charge is 0.133 e. The Bertz CT molecular complexity index is 189. The minimum Gasteiger partial charge on any atom is -0.395 e. The van der Waals surface area contributed by atoms with Gasteiger partial charge in [0.05, 0.1) is 12.7 Å². The number of hydrogen-bond donors (Lipinski definition) is 1. The van der Waals surface area contributed by atoms with Crippen molar-refractivity contribution in [1.82, 2.24) is 4.90 Å².